The molecule has 0 spiro atoms. The largest absolute Gasteiger partial charge is 0.262 e. The summed E-state index contributed by atoms with van der Waals surface area (Å²) in [6, 6.07) is 34.8. The molecule has 2 nitrogen and oxygen atoms in total. The number of rotatable bonds is 6. The van der Waals surface area contributed by atoms with E-state index in [0.717, 1.165) is 11.3 Å². The molecule has 1 aliphatic carbocycles. The molecule has 0 aliphatic heterocycles. The van der Waals surface area contributed by atoms with Gasteiger partial charge in [-0.05, 0) is 44.0 Å². The van der Waals surface area contributed by atoms with Crippen LogP contribution >= 0.6 is 7.92 Å². The highest BCUT2D eigenvalue weighted by Crippen LogP contribution is 2.48. The van der Waals surface area contributed by atoms with E-state index in [9.17, 15) is 0 Å². The molecule has 4 aromatic rings. The molecule has 0 saturated heterocycles. The van der Waals surface area contributed by atoms with Crippen LogP contribution in [0.5, 0.6) is 0 Å². The van der Waals surface area contributed by atoms with Gasteiger partial charge in [0.1, 0.15) is 0 Å². The van der Waals surface area contributed by atoms with E-state index >= 15 is 0 Å². The van der Waals surface area contributed by atoms with Crippen molar-refractivity contribution < 1.29 is 0 Å². The lowest BCUT2D eigenvalue weighted by atomic mass is 10.1. The van der Waals surface area contributed by atoms with Gasteiger partial charge in [-0.2, -0.15) is 5.10 Å². The molecule has 0 amide bonds. The predicted molar refractivity (Wildman–Crippen MR) is 137 cm³/mol. The Labute approximate surface area is 191 Å². The number of aromatic nitrogens is 2. The standard InChI is InChI=1S/C29H27N2P/c1-22-21-28(24-13-6-3-7-14-24)30-31(22)23(2)27-19-12-20-29(27)32(25-15-8-4-9-16-25)26-17-10-5-11-18-26/h3-21,23,29H,1-2H3/t23-,29?/m1/s1. The molecule has 5 rings (SSSR count). The van der Waals surface area contributed by atoms with E-state index in [2.05, 4.69) is 128 Å². The molecular weight excluding hydrogens is 407 g/mol. The monoisotopic (exact) mass is 434 g/mol. The van der Waals surface area contributed by atoms with E-state index in [1.54, 1.807) is 0 Å². The zero-order valence-corrected chi connectivity index (χ0v) is 19.4. The summed E-state index contributed by atoms with van der Waals surface area (Å²) < 4.78 is 2.19. The van der Waals surface area contributed by atoms with Crippen LogP contribution in [0.4, 0.5) is 0 Å². The van der Waals surface area contributed by atoms with Gasteiger partial charge in [0.15, 0.2) is 0 Å². The first kappa shape index (κ1) is 20.7. The maximum absolute atomic E-state index is 5.02. The highest BCUT2D eigenvalue weighted by molar-refractivity contribution is 7.74. The molecule has 32 heavy (non-hydrogen) atoms. The van der Waals surface area contributed by atoms with Crippen LogP contribution in [0.15, 0.2) is 121 Å². The third-order valence-corrected chi connectivity index (χ3v) is 8.85. The number of nitrogens with zero attached hydrogens (tertiary/aromatic N) is 2. The van der Waals surface area contributed by atoms with Gasteiger partial charge in [0.05, 0.1) is 11.7 Å². The first-order chi connectivity index (χ1) is 15.7. The first-order valence-corrected chi connectivity index (χ1v) is 12.5. The number of allylic oxidation sites excluding steroid dienone is 4. The fourth-order valence-electron chi connectivity index (χ4n) is 4.52. The Bertz CT molecular complexity index is 1200. The van der Waals surface area contributed by atoms with Crippen LogP contribution in [-0.4, -0.2) is 15.4 Å². The number of benzene rings is 3. The number of hydrogen-bond acceptors (Lipinski definition) is 1. The summed E-state index contributed by atoms with van der Waals surface area (Å²) in [7, 11) is -0.557. The lowest BCUT2D eigenvalue weighted by Gasteiger charge is -2.30. The summed E-state index contributed by atoms with van der Waals surface area (Å²) in [4.78, 5) is 0. The topological polar surface area (TPSA) is 17.8 Å². The molecule has 1 heterocycles. The Morgan fingerprint density at radius 1 is 0.812 bits per heavy atom. The third kappa shape index (κ3) is 3.99. The average molecular weight is 435 g/mol. The Balaban J connectivity index is 1.51. The Morgan fingerprint density at radius 2 is 1.38 bits per heavy atom. The molecule has 0 fully saturated rings. The Morgan fingerprint density at radius 3 is 1.97 bits per heavy atom. The molecule has 3 aromatic carbocycles. The average Bonchev–Trinajstić information content (AvgIpc) is 3.48. The van der Waals surface area contributed by atoms with Crippen LogP contribution in [0.1, 0.15) is 18.7 Å². The Hall–Kier alpha value is -3.22. The molecule has 0 saturated carbocycles. The zero-order valence-electron chi connectivity index (χ0n) is 18.5. The minimum absolute atomic E-state index is 0.185. The van der Waals surface area contributed by atoms with Crippen LogP contribution in [0.2, 0.25) is 0 Å². The lowest BCUT2D eigenvalue weighted by Crippen LogP contribution is -2.25. The second kappa shape index (κ2) is 9.10. The molecule has 1 aliphatic rings. The zero-order chi connectivity index (χ0) is 21.9. The van der Waals surface area contributed by atoms with Crippen molar-refractivity contribution in [2.24, 2.45) is 0 Å². The van der Waals surface area contributed by atoms with Gasteiger partial charge in [0.2, 0.25) is 0 Å². The van der Waals surface area contributed by atoms with Crippen molar-refractivity contribution in [3.8, 4) is 11.3 Å². The van der Waals surface area contributed by atoms with Crippen LogP contribution in [0.3, 0.4) is 0 Å². The van der Waals surface area contributed by atoms with Crippen molar-refractivity contribution in [3.63, 3.8) is 0 Å². The van der Waals surface area contributed by atoms with E-state index in [0.29, 0.717) is 5.66 Å². The van der Waals surface area contributed by atoms with Crippen LogP contribution < -0.4 is 10.6 Å². The van der Waals surface area contributed by atoms with Gasteiger partial charge in [0, 0.05) is 16.9 Å². The maximum Gasteiger partial charge on any atom is 0.0926 e. The van der Waals surface area contributed by atoms with Gasteiger partial charge in [-0.3, -0.25) is 4.68 Å². The summed E-state index contributed by atoms with van der Waals surface area (Å²) >= 11 is 0. The molecule has 2 atom stereocenters. The number of aryl methyl sites for hydroxylation is 1. The van der Waals surface area contributed by atoms with Crippen LogP contribution in [-0.2, 0) is 0 Å². The van der Waals surface area contributed by atoms with Gasteiger partial charge >= 0.3 is 0 Å². The van der Waals surface area contributed by atoms with E-state index in [1.807, 2.05) is 6.07 Å². The van der Waals surface area contributed by atoms with Crippen molar-refractivity contribution in [1.29, 1.82) is 0 Å². The molecule has 0 bridgehead atoms. The molecule has 1 aromatic heterocycles. The Kier molecular flexibility index (Phi) is 5.88. The van der Waals surface area contributed by atoms with Gasteiger partial charge in [-0.1, -0.05) is 109 Å². The van der Waals surface area contributed by atoms with Gasteiger partial charge in [0.25, 0.3) is 0 Å². The molecule has 0 N–H and O–H groups in total. The summed E-state index contributed by atoms with van der Waals surface area (Å²) in [6.07, 6.45) is 6.92. The summed E-state index contributed by atoms with van der Waals surface area (Å²) in [5, 5.41) is 7.83. The normalized spacial score (nSPS) is 16.3. The number of hydrogen-bond donors (Lipinski definition) is 0. The molecule has 3 heteroatoms. The fraction of sp³-hybridized carbons (Fsp3) is 0.138. The van der Waals surface area contributed by atoms with Crippen LogP contribution in [0, 0.1) is 6.92 Å². The summed E-state index contributed by atoms with van der Waals surface area (Å²) in [6.45, 7) is 4.44. The summed E-state index contributed by atoms with van der Waals surface area (Å²) in [5.74, 6) is 0. The van der Waals surface area contributed by atoms with Crippen molar-refractivity contribution in [3.05, 3.63) is 127 Å². The van der Waals surface area contributed by atoms with Crippen molar-refractivity contribution in [2.75, 3.05) is 0 Å². The SMILES string of the molecule is Cc1cc(-c2ccccc2)nn1[C@H](C)C1=CC=CC1P(c1ccccc1)c1ccccc1. The van der Waals surface area contributed by atoms with Crippen LogP contribution in [0.25, 0.3) is 11.3 Å². The van der Waals surface area contributed by atoms with E-state index < -0.39 is 7.92 Å². The molecule has 1 unspecified atom stereocenters. The van der Waals surface area contributed by atoms with E-state index in [4.69, 9.17) is 5.10 Å². The highest BCUT2D eigenvalue weighted by atomic mass is 31.1. The molecule has 0 radical (unpaired) electrons. The van der Waals surface area contributed by atoms with Gasteiger partial charge < -0.3 is 0 Å². The lowest BCUT2D eigenvalue weighted by molar-refractivity contribution is 0.538. The highest BCUT2D eigenvalue weighted by Gasteiger charge is 2.31. The molecule has 158 valence electrons. The van der Waals surface area contributed by atoms with E-state index in [1.165, 1.54) is 21.9 Å². The predicted octanol–water partition coefficient (Wildman–Crippen LogP) is 6.42. The second-order valence-corrected chi connectivity index (χ2v) is 10.5. The summed E-state index contributed by atoms with van der Waals surface area (Å²) in [5.41, 5.74) is 5.16. The van der Waals surface area contributed by atoms with Gasteiger partial charge in [-0.15, -0.1) is 0 Å². The second-order valence-electron chi connectivity index (χ2n) is 8.20. The first-order valence-electron chi connectivity index (χ1n) is 11.1. The third-order valence-electron chi connectivity index (χ3n) is 6.11. The quantitative estimate of drug-likeness (QED) is 0.320. The minimum atomic E-state index is -0.557. The van der Waals surface area contributed by atoms with Crippen molar-refractivity contribution >= 4 is 18.5 Å². The fourth-order valence-corrected chi connectivity index (χ4v) is 7.32. The van der Waals surface area contributed by atoms with Crippen molar-refractivity contribution in [1.82, 2.24) is 9.78 Å². The smallest absolute Gasteiger partial charge is 0.0926 e. The van der Waals surface area contributed by atoms with Crippen molar-refractivity contribution in [2.45, 2.75) is 25.5 Å². The maximum atomic E-state index is 5.02. The van der Waals surface area contributed by atoms with Gasteiger partial charge in [-0.25, -0.2) is 0 Å². The van der Waals surface area contributed by atoms with E-state index in [-0.39, 0.29) is 6.04 Å². The molecular formula is C29H27N2P. The minimum Gasteiger partial charge on any atom is -0.262 e.